The summed E-state index contributed by atoms with van der Waals surface area (Å²) in [6.07, 6.45) is 4.31. The van der Waals surface area contributed by atoms with E-state index in [-0.39, 0.29) is 5.91 Å². The van der Waals surface area contributed by atoms with Gasteiger partial charge in [-0.3, -0.25) is 4.79 Å². The van der Waals surface area contributed by atoms with Crippen molar-refractivity contribution in [2.45, 2.75) is 13.0 Å². The molecule has 0 saturated heterocycles. The van der Waals surface area contributed by atoms with E-state index >= 15 is 0 Å². The van der Waals surface area contributed by atoms with Crippen LogP contribution in [0.3, 0.4) is 0 Å². The minimum atomic E-state index is 0.0319. The van der Waals surface area contributed by atoms with Crippen LogP contribution in [-0.2, 0) is 17.8 Å². The molecule has 3 heteroatoms. The zero-order chi connectivity index (χ0) is 14.7. The second-order valence-electron chi connectivity index (χ2n) is 5.13. The number of carbonyl (C=O) groups excluding carboxylic acids is 1. The third kappa shape index (κ3) is 3.17. The van der Waals surface area contributed by atoms with E-state index in [1.807, 2.05) is 41.3 Å². The van der Waals surface area contributed by atoms with Gasteiger partial charge in [-0.1, -0.05) is 54.1 Å². The Kier molecular flexibility index (Phi) is 4.07. The maximum absolute atomic E-state index is 12.3. The van der Waals surface area contributed by atoms with Gasteiger partial charge in [-0.05, 0) is 35.3 Å². The van der Waals surface area contributed by atoms with Gasteiger partial charge in [-0.25, -0.2) is 0 Å². The van der Waals surface area contributed by atoms with Crippen molar-refractivity contribution in [1.29, 1.82) is 0 Å². The molecule has 21 heavy (non-hydrogen) atoms. The molecular weight excluding hydrogens is 282 g/mol. The van der Waals surface area contributed by atoms with E-state index in [9.17, 15) is 4.79 Å². The lowest BCUT2D eigenvalue weighted by Gasteiger charge is -2.27. The van der Waals surface area contributed by atoms with E-state index < -0.39 is 0 Å². The molecule has 1 aliphatic heterocycles. The van der Waals surface area contributed by atoms with Gasteiger partial charge in [0, 0.05) is 24.2 Å². The molecule has 106 valence electrons. The Labute approximate surface area is 129 Å². The maximum Gasteiger partial charge on any atom is 0.246 e. The van der Waals surface area contributed by atoms with Crippen LogP contribution < -0.4 is 0 Å². The molecule has 0 N–H and O–H groups in total. The topological polar surface area (TPSA) is 20.3 Å². The van der Waals surface area contributed by atoms with Crippen LogP contribution in [-0.4, -0.2) is 17.4 Å². The predicted octanol–water partition coefficient (Wildman–Crippen LogP) is 3.94. The van der Waals surface area contributed by atoms with Gasteiger partial charge in [0.15, 0.2) is 0 Å². The number of hydrogen-bond donors (Lipinski definition) is 0. The Morgan fingerprint density at radius 3 is 2.57 bits per heavy atom. The third-order valence-corrected chi connectivity index (χ3v) is 4.10. The van der Waals surface area contributed by atoms with Crippen LogP contribution in [0.25, 0.3) is 6.08 Å². The van der Waals surface area contributed by atoms with E-state index in [1.54, 1.807) is 12.2 Å². The standard InChI is InChI=1S/C18H16ClNO/c19-17-8-4-3-6-15(17)9-10-18(21)20-12-11-14-5-1-2-7-16(14)13-20/h1-10H,11-13H2/b10-9+. The van der Waals surface area contributed by atoms with Crippen LogP contribution in [0.5, 0.6) is 0 Å². The molecule has 0 atom stereocenters. The summed E-state index contributed by atoms with van der Waals surface area (Å²) in [5.41, 5.74) is 3.45. The molecule has 0 aromatic heterocycles. The number of benzene rings is 2. The van der Waals surface area contributed by atoms with Gasteiger partial charge in [-0.15, -0.1) is 0 Å². The fourth-order valence-electron chi connectivity index (χ4n) is 2.56. The van der Waals surface area contributed by atoms with E-state index in [4.69, 9.17) is 11.6 Å². The minimum Gasteiger partial charge on any atom is -0.334 e. The Balaban J connectivity index is 1.71. The lowest BCUT2D eigenvalue weighted by Crippen LogP contribution is -2.34. The van der Waals surface area contributed by atoms with Crippen LogP contribution in [0.15, 0.2) is 54.6 Å². The number of nitrogens with zero attached hydrogens (tertiary/aromatic N) is 1. The van der Waals surface area contributed by atoms with Crippen molar-refractivity contribution < 1.29 is 4.79 Å². The summed E-state index contributed by atoms with van der Waals surface area (Å²) in [6, 6.07) is 15.8. The van der Waals surface area contributed by atoms with Crippen LogP contribution in [0.4, 0.5) is 0 Å². The van der Waals surface area contributed by atoms with Crippen LogP contribution >= 0.6 is 11.6 Å². The molecule has 0 fully saturated rings. The van der Waals surface area contributed by atoms with E-state index in [0.717, 1.165) is 18.5 Å². The van der Waals surface area contributed by atoms with Gasteiger partial charge in [0.25, 0.3) is 0 Å². The summed E-state index contributed by atoms with van der Waals surface area (Å²) < 4.78 is 0. The number of amides is 1. The first-order valence-electron chi connectivity index (χ1n) is 7.02. The number of hydrogen-bond acceptors (Lipinski definition) is 1. The first-order chi connectivity index (χ1) is 10.2. The third-order valence-electron chi connectivity index (χ3n) is 3.75. The number of carbonyl (C=O) groups is 1. The monoisotopic (exact) mass is 297 g/mol. The minimum absolute atomic E-state index is 0.0319. The summed E-state index contributed by atoms with van der Waals surface area (Å²) in [5, 5.41) is 0.658. The highest BCUT2D eigenvalue weighted by molar-refractivity contribution is 6.32. The first kappa shape index (κ1) is 13.9. The SMILES string of the molecule is O=C(/C=C/c1ccccc1Cl)N1CCc2ccccc2C1. The molecule has 0 radical (unpaired) electrons. The highest BCUT2D eigenvalue weighted by Gasteiger charge is 2.18. The molecule has 2 nitrogen and oxygen atoms in total. The quantitative estimate of drug-likeness (QED) is 0.769. The van der Waals surface area contributed by atoms with Crippen LogP contribution in [0, 0.1) is 0 Å². The largest absolute Gasteiger partial charge is 0.334 e. The highest BCUT2D eigenvalue weighted by Crippen LogP contribution is 2.20. The lowest BCUT2D eigenvalue weighted by atomic mass is 10.00. The van der Waals surface area contributed by atoms with Crippen molar-refractivity contribution in [1.82, 2.24) is 4.90 Å². The zero-order valence-electron chi connectivity index (χ0n) is 11.6. The Morgan fingerprint density at radius 2 is 1.76 bits per heavy atom. The summed E-state index contributed by atoms with van der Waals surface area (Å²) in [6.45, 7) is 1.45. The second kappa shape index (κ2) is 6.15. The van der Waals surface area contributed by atoms with Crippen LogP contribution in [0.2, 0.25) is 5.02 Å². The summed E-state index contributed by atoms with van der Waals surface area (Å²) in [7, 11) is 0. The Morgan fingerprint density at radius 1 is 1.05 bits per heavy atom. The van der Waals surface area contributed by atoms with Gasteiger partial charge < -0.3 is 4.90 Å². The normalized spacial score (nSPS) is 14.2. The van der Waals surface area contributed by atoms with Gasteiger partial charge >= 0.3 is 0 Å². The smallest absolute Gasteiger partial charge is 0.246 e. The average molecular weight is 298 g/mol. The number of rotatable bonds is 2. The highest BCUT2D eigenvalue weighted by atomic mass is 35.5. The van der Waals surface area contributed by atoms with Gasteiger partial charge in [0.05, 0.1) is 0 Å². The van der Waals surface area contributed by atoms with Gasteiger partial charge in [0.1, 0.15) is 0 Å². The molecule has 0 aliphatic carbocycles. The number of halogens is 1. The fourth-order valence-corrected chi connectivity index (χ4v) is 2.76. The predicted molar refractivity (Wildman–Crippen MR) is 86.0 cm³/mol. The lowest BCUT2D eigenvalue weighted by molar-refractivity contribution is -0.126. The van der Waals surface area contributed by atoms with Gasteiger partial charge in [-0.2, -0.15) is 0 Å². The summed E-state index contributed by atoms with van der Waals surface area (Å²) in [5.74, 6) is 0.0319. The summed E-state index contributed by atoms with van der Waals surface area (Å²) in [4.78, 5) is 14.2. The molecular formula is C18H16ClNO. The molecule has 0 saturated carbocycles. The fraction of sp³-hybridized carbons (Fsp3) is 0.167. The molecule has 3 rings (SSSR count). The molecule has 2 aromatic carbocycles. The first-order valence-corrected chi connectivity index (χ1v) is 7.40. The average Bonchev–Trinajstić information content (AvgIpc) is 2.53. The molecule has 0 bridgehead atoms. The van der Waals surface area contributed by atoms with Crippen LogP contribution in [0.1, 0.15) is 16.7 Å². The Hall–Kier alpha value is -2.06. The van der Waals surface area contributed by atoms with Crippen molar-refractivity contribution >= 4 is 23.6 Å². The van der Waals surface area contributed by atoms with Crippen molar-refractivity contribution in [3.05, 3.63) is 76.3 Å². The van der Waals surface area contributed by atoms with Crippen molar-refractivity contribution in [2.75, 3.05) is 6.54 Å². The molecule has 2 aromatic rings. The molecule has 1 heterocycles. The van der Waals surface area contributed by atoms with E-state index in [1.165, 1.54) is 11.1 Å². The maximum atomic E-state index is 12.3. The molecule has 1 aliphatic rings. The number of fused-ring (bicyclic) bond motifs is 1. The summed E-state index contributed by atoms with van der Waals surface area (Å²) >= 11 is 6.08. The molecule has 0 unspecified atom stereocenters. The molecule has 0 spiro atoms. The van der Waals surface area contributed by atoms with Crippen molar-refractivity contribution in [2.24, 2.45) is 0 Å². The van der Waals surface area contributed by atoms with E-state index in [0.29, 0.717) is 11.6 Å². The van der Waals surface area contributed by atoms with Gasteiger partial charge in [0.2, 0.25) is 5.91 Å². The second-order valence-corrected chi connectivity index (χ2v) is 5.54. The zero-order valence-corrected chi connectivity index (χ0v) is 12.4. The van der Waals surface area contributed by atoms with E-state index in [2.05, 4.69) is 12.1 Å². The Bertz CT molecular complexity index is 693. The molecule has 1 amide bonds. The van der Waals surface area contributed by atoms with Crippen molar-refractivity contribution in [3.63, 3.8) is 0 Å². The van der Waals surface area contributed by atoms with Crippen molar-refractivity contribution in [3.8, 4) is 0 Å².